The zero-order valence-corrected chi connectivity index (χ0v) is 8.09. The van der Waals surface area contributed by atoms with Crippen molar-refractivity contribution < 1.29 is 14.6 Å². The number of rotatable bonds is 5. The van der Waals surface area contributed by atoms with Crippen LogP contribution in [0, 0.1) is 0 Å². The van der Waals surface area contributed by atoms with E-state index in [0.29, 0.717) is 0 Å². The van der Waals surface area contributed by atoms with Crippen molar-refractivity contribution in [2.45, 2.75) is 20.3 Å². The molecule has 0 rings (SSSR count). The average molecular weight is 177 g/mol. The molecule has 2 N–H and O–H groups in total. The number of aliphatic carboxylic acids is 1. The maximum Gasteiger partial charge on any atom is 0.329 e. The Kier molecular flexibility index (Phi) is 15.1. The maximum absolute atomic E-state index is 9.47. The number of methoxy groups -OCH3 is 1. The number of carboxylic acid groups (broad SMARTS) is 1. The van der Waals surface area contributed by atoms with Gasteiger partial charge in [0.25, 0.3) is 0 Å². The van der Waals surface area contributed by atoms with Crippen LogP contribution >= 0.6 is 0 Å². The lowest BCUT2D eigenvalue weighted by Gasteiger charge is -1.91. The van der Waals surface area contributed by atoms with Crippen LogP contribution < -0.4 is 5.32 Å². The molecule has 0 radical (unpaired) electrons. The highest BCUT2D eigenvalue weighted by Gasteiger charge is 1.87. The molecule has 0 fully saturated rings. The molecule has 0 heterocycles. The first-order chi connectivity index (χ1) is 5.68. The summed E-state index contributed by atoms with van der Waals surface area (Å²) in [5.74, 6) is -0.933. The number of carbonyl (C=O) groups is 1. The van der Waals surface area contributed by atoms with Crippen molar-refractivity contribution >= 4 is 5.97 Å². The highest BCUT2D eigenvalue weighted by molar-refractivity contribution is 5.67. The van der Waals surface area contributed by atoms with E-state index in [1.807, 2.05) is 0 Å². The van der Waals surface area contributed by atoms with E-state index in [9.17, 15) is 4.79 Å². The summed E-state index contributed by atoms with van der Waals surface area (Å²) in [5.41, 5.74) is 0. The van der Waals surface area contributed by atoms with Crippen LogP contribution in [0.5, 0.6) is 0 Å². The molecule has 0 aromatic carbocycles. The normalized spacial score (nSPS) is 8.58. The summed E-state index contributed by atoms with van der Waals surface area (Å²) in [7, 11) is 1.34. The minimum absolute atomic E-state index is 0.208. The van der Waals surface area contributed by atoms with E-state index in [2.05, 4.69) is 23.9 Å². The summed E-state index contributed by atoms with van der Waals surface area (Å²) in [6.45, 7) is 6.35. The minimum atomic E-state index is -0.933. The van der Waals surface area contributed by atoms with Crippen LogP contribution in [-0.4, -0.2) is 37.9 Å². The zero-order valence-electron chi connectivity index (χ0n) is 8.09. The van der Waals surface area contributed by atoms with Crippen LogP contribution in [0.2, 0.25) is 0 Å². The molecule has 0 aliphatic rings. The van der Waals surface area contributed by atoms with E-state index in [0.717, 1.165) is 13.1 Å². The summed E-state index contributed by atoms with van der Waals surface area (Å²) in [5, 5.41) is 11.0. The molecule has 12 heavy (non-hydrogen) atoms. The number of carboxylic acids is 1. The molecule has 0 spiro atoms. The molecule has 0 bridgehead atoms. The van der Waals surface area contributed by atoms with Gasteiger partial charge in [0.15, 0.2) is 0 Å². The molecule has 0 saturated carbocycles. The summed E-state index contributed by atoms with van der Waals surface area (Å²) in [6, 6.07) is 0. The van der Waals surface area contributed by atoms with Gasteiger partial charge in [-0.3, -0.25) is 0 Å². The largest absolute Gasteiger partial charge is 0.480 e. The molecule has 4 nitrogen and oxygen atoms in total. The summed E-state index contributed by atoms with van der Waals surface area (Å²) < 4.78 is 4.20. The Morgan fingerprint density at radius 1 is 1.50 bits per heavy atom. The van der Waals surface area contributed by atoms with Crippen LogP contribution in [-0.2, 0) is 9.53 Å². The Morgan fingerprint density at radius 2 is 2.08 bits per heavy atom. The van der Waals surface area contributed by atoms with Crippen molar-refractivity contribution in [1.29, 1.82) is 0 Å². The van der Waals surface area contributed by atoms with Crippen molar-refractivity contribution in [1.82, 2.24) is 5.32 Å². The van der Waals surface area contributed by atoms with Gasteiger partial charge in [0.2, 0.25) is 0 Å². The van der Waals surface area contributed by atoms with Crippen molar-refractivity contribution in [2.75, 3.05) is 26.8 Å². The molecule has 0 aromatic rings. The van der Waals surface area contributed by atoms with Gasteiger partial charge in [-0.15, -0.1) is 0 Å². The first-order valence-electron chi connectivity index (χ1n) is 4.10. The van der Waals surface area contributed by atoms with E-state index in [1.54, 1.807) is 0 Å². The van der Waals surface area contributed by atoms with Gasteiger partial charge in [-0.1, -0.05) is 13.8 Å². The monoisotopic (exact) mass is 177 g/mol. The zero-order chi connectivity index (χ0) is 9.82. The van der Waals surface area contributed by atoms with Crippen LogP contribution in [0.1, 0.15) is 20.3 Å². The van der Waals surface area contributed by atoms with E-state index >= 15 is 0 Å². The Morgan fingerprint density at radius 3 is 2.17 bits per heavy atom. The molecular weight excluding hydrogens is 158 g/mol. The fourth-order valence-electron chi connectivity index (χ4n) is 0.477. The smallest absolute Gasteiger partial charge is 0.329 e. The quantitative estimate of drug-likeness (QED) is 0.608. The van der Waals surface area contributed by atoms with Gasteiger partial charge in [-0.05, 0) is 19.5 Å². The number of nitrogens with one attached hydrogen (secondary N) is 1. The van der Waals surface area contributed by atoms with Gasteiger partial charge in [0.1, 0.15) is 6.61 Å². The predicted molar refractivity (Wildman–Crippen MR) is 48.3 cm³/mol. The standard InChI is InChI=1S/C5H13N.C3H6O3/c1-3-5-6-4-2;1-6-2-3(4)5/h6H,3-5H2,1-2H3;2H2,1H3,(H,4,5). The Hall–Kier alpha value is -0.610. The van der Waals surface area contributed by atoms with Gasteiger partial charge >= 0.3 is 5.97 Å². The molecule has 74 valence electrons. The topological polar surface area (TPSA) is 58.6 Å². The predicted octanol–water partition coefficient (Wildman–Crippen LogP) is 0.723. The minimum Gasteiger partial charge on any atom is -0.480 e. The van der Waals surface area contributed by atoms with Gasteiger partial charge < -0.3 is 15.2 Å². The third kappa shape index (κ3) is 22.8. The first-order valence-corrected chi connectivity index (χ1v) is 4.10. The second kappa shape index (κ2) is 13.0. The lowest BCUT2D eigenvalue weighted by Crippen LogP contribution is -2.12. The summed E-state index contributed by atoms with van der Waals surface area (Å²) in [4.78, 5) is 9.47. The second-order valence-corrected chi connectivity index (χ2v) is 2.18. The number of ether oxygens (including phenoxy) is 1. The fraction of sp³-hybridized carbons (Fsp3) is 0.875. The van der Waals surface area contributed by atoms with Crippen LogP contribution in [0.3, 0.4) is 0 Å². The molecule has 0 aliphatic carbocycles. The molecule has 0 atom stereocenters. The van der Waals surface area contributed by atoms with Gasteiger partial charge in [-0.25, -0.2) is 4.79 Å². The van der Waals surface area contributed by atoms with Crippen LogP contribution in [0.4, 0.5) is 0 Å². The molecule has 0 saturated heterocycles. The lowest BCUT2D eigenvalue weighted by molar-refractivity contribution is -0.141. The molecule has 4 heteroatoms. The third-order valence-corrected chi connectivity index (χ3v) is 0.945. The van der Waals surface area contributed by atoms with Crippen molar-refractivity contribution in [3.05, 3.63) is 0 Å². The number of hydrogen-bond donors (Lipinski definition) is 2. The molecular formula is C8H19NO3. The Labute approximate surface area is 73.9 Å². The van der Waals surface area contributed by atoms with Crippen molar-refractivity contribution in [3.8, 4) is 0 Å². The lowest BCUT2D eigenvalue weighted by atomic mass is 10.5. The fourth-order valence-corrected chi connectivity index (χ4v) is 0.477. The Balaban J connectivity index is 0. The van der Waals surface area contributed by atoms with E-state index < -0.39 is 5.97 Å². The maximum atomic E-state index is 9.47. The number of hydrogen-bond acceptors (Lipinski definition) is 3. The molecule has 0 unspecified atom stereocenters. The van der Waals surface area contributed by atoms with Crippen LogP contribution in [0.15, 0.2) is 0 Å². The molecule has 0 aliphatic heterocycles. The van der Waals surface area contributed by atoms with E-state index in [1.165, 1.54) is 13.5 Å². The van der Waals surface area contributed by atoms with Crippen molar-refractivity contribution in [3.63, 3.8) is 0 Å². The van der Waals surface area contributed by atoms with E-state index in [4.69, 9.17) is 5.11 Å². The Bertz CT molecular complexity index is 92.3. The third-order valence-electron chi connectivity index (χ3n) is 0.945. The van der Waals surface area contributed by atoms with Gasteiger partial charge in [0, 0.05) is 7.11 Å². The average Bonchev–Trinajstić information content (AvgIpc) is 2.02. The van der Waals surface area contributed by atoms with Gasteiger partial charge in [0.05, 0.1) is 0 Å². The molecule has 0 amide bonds. The highest BCUT2D eigenvalue weighted by atomic mass is 16.5. The van der Waals surface area contributed by atoms with Crippen molar-refractivity contribution in [2.24, 2.45) is 0 Å². The second-order valence-electron chi connectivity index (χ2n) is 2.18. The van der Waals surface area contributed by atoms with E-state index in [-0.39, 0.29) is 6.61 Å². The molecule has 0 aromatic heterocycles. The summed E-state index contributed by atoms with van der Waals surface area (Å²) >= 11 is 0. The highest BCUT2D eigenvalue weighted by Crippen LogP contribution is 1.65. The van der Waals surface area contributed by atoms with Crippen LogP contribution in [0.25, 0.3) is 0 Å². The SMILES string of the molecule is CCCNCC.COCC(=O)O. The first kappa shape index (κ1) is 13.9. The summed E-state index contributed by atoms with van der Waals surface area (Å²) in [6.07, 6.45) is 1.24. The van der Waals surface area contributed by atoms with Gasteiger partial charge in [-0.2, -0.15) is 0 Å².